The average Bonchev–Trinajstić information content (AvgIpc) is 2.71. The molecule has 0 saturated carbocycles. The van der Waals surface area contributed by atoms with Gasteiger partial charge in [-0.1, -0.05) is 11.6 Å². The van der Waals surface area contributed by atoms with Crippen LogP contribution in [0.15, 0.2) is 48.8 Å². The molecule has 1 aliphatic heterocycles. The zero-order chi connectivity index (χ0) is 21.1. The third-order valence-corrected chi connectivity index (χ3v) is 4.67. The van der Waals surface area contributed by atoms with Crippen molar-refractivity contribution in [3.05, 3.63) is 65.2 Å². The number of hydrogen-bond acceptors (Lipinski definition) is 7. The number of halogens is 2. The smallest absolute Gasteiger partial charge is 0.251 e. The molecule has 2 heterocycles. The second-order valence-electron chi connectivity index (χ2n) is 6.64. The van der Waals surface area contributed by atoms with Gasteiger partial charge in [0.1, 0.15) is 24.0 Å². The summed E-state index contributed by atoms with van der Waals surface area (Å²) in [4.78, 5) is 26.5. The molecule has 0 unspecified atom stereocenters. The minimum Gasteiger partial charge on any atom is -0.487 e. The van der Waals surface area contributed by atoms with Gasteiger partial charge in [-0.2, -0.15) is 4.98 Å². The lowest BCUT2D eigenvalue weighted by Gasteiger charge is -2.38. The van der Waals surface area contributed by atoms with Crippen LogP contribution >= 0.6 is 11.6 Å². The molecule has 1 saturated heterocycles. The number of carbonyl (C=O) groups is 1. The molecule has 2 aromatic carbocycles. The van der Waals surface area contributed by atoms with Gasteiger partial charge in [-0.05, 0) is 42.5 Å². The summed E-state index contributed by atoms with van der Waals surface area (Å²) in [5.41, 5.74) is 1.00. The van der Waals surface area contributed by atoms with E-state index in [1.165, 1.54) is 18.5 Å². The van der Waals surface area contributed by atoms with Gasteiger partial charge in [0.15, 0.2) is 0 Å². The molecule has 2 N–H and O–H groups in total. The molecule has 0 radical (unpaired) electrons. The minimum absolute atomic E-state index is 0.0355. The molecule has 1 aromatic heterocycles. The van der Waals surface area contributed by atoms with E-state index in [9.17, 15) is 9.18 Å². The van der Waals surface area contributed by atoms with E-state index in [2.05, 4.69) is 25.6 Å². The first kappa shape index (κ1) is 19.8. The lowest BCUT2D eigenvalue weighted by molar-refractivity contribution is 0.0963. The second kappa shape index (κ2) is 8.50. The van der Waals surface area contributed by atoms with Crippen molar-refractivity contribution in [3.63, 3.8) is 0 Å². The molecule has 1 aliphatic rings. The van der Waals surface area contributed by atoms with Crippen molar-refractivity contribution < 1.29 is 13.9 Å². The molecule has 4 rings (SSSR count). The first-order valence-corrected chi connectivity index (χ1v) is 9.54. The van der Waals surface area contributed by atoms with Gasteiger partial charge in [0.25, 0.3) is 5.91 Å². The fraction of sp³-hybridized carbons (Fsp3) is 0.200. The zero-order valence-corrected chi connectivity index (χ0v) is 16.7. The third-order valence-electron chi connectivity index (χ3n) is 4.45. The molecule has 1 fully saturated rings. The summed E-state index contributed by atoms with van der Waals surface area (Å²) in [5, 5.41) is 6.02. The Morgan fingerprint density at radius 2 is 1.97 bits per heavy atom. The zero-order valence-electron chi connectivity index (χ0n) is 16.0. The van der Waals surface area contributed by atoms with Gasteiger partial charge in [0.05, 0.1) is 13.1 Å². The number of amides is 1. The van der Waals surface area contributed by atoms with E-state index < -0.39 is 0 Å². The average molecular weight is 429 g/mol. The number of rotatable bonds is 6. The highest BCUT2D eigenvalue weighted by Gasteiger charge is 2.30. The van der Waals surface area contributed by atoms with E-state index in [-0.39, 0.29) is 17.8 Å². The van der Waals surface area contributed by atoms with Gasteiger partial charge >= 0.3 is 0 Å². The second-order valence-corrected chi connectivity index (χ2v) is 7.08. The topological polar surface area (TPSA) is 92.3 Å². The molecule has 30 heavy (non-hydrogen) atoms. The lowest BCUT2D eigenvalue weighted by Crippen LogP contribution is -2.54. The number of ether oxygens (including phenoxy) is 1. The number of carbonyl (C=O) groups excluding carboxylic acids is 1. The van der Waals surface area contributed by atoms with Crippen LogP contribution in [0.4, 0.5) is 22.0 Å². The predicted octanol–water partition coefficient (Wildman–Crippen LogP) is 3.03. The minimum atomic E-state index is -0.301. The van der Waals surface area contributed by atoms with Crippen LogP contribution in [0, 0.1) is 5.82 Å². The first-order valence-electron chi connectivity index (χ1n) is 9.16. The molecule has 0 spiro atoms. The third kappa shape index (κ3) is 4.57. The van der Waals surface area contributed by atoms with Gasteiger partial charge < -0.3 is 20.3 Å². The van der Waals surface area contributed by atoms with Crippen molar-refractivity contribution in [1.29, 1.82) is 0 Å². The Hall–Kier alpha value is -3.46. The van der Waals surface area contributed by atoms with Crippen molar-refractivity contribution >= 4 is 35.1 Å². The molecular weight excluding hydrogens is 411 g/mol. The maximum atomic E-state index is 13.0. The van der Waals surface area contributed by atoms with E-state index in [0.29, 0.717) is 47.0 Å². The summed E-state index contributed by atoms with van der Waals surface area (Å²) in [6, 6.07) is 10.8. The largest absolute Gasteiger partial charge is 0.487 e. The number of nitrogens with one attached hydrogen (secondary N) is 2. The van der Waals surface area contributed by atoms with Crippen LogP contribution in [-0.2, 0) is 0 Å². The van der Waals surface area contributed by atoms with E-state index in [4.69, 9.17) is 16.3 Å². The highest BCUT2D eigenvalue weighted by atomic mass is 35.5. The number of anilines is 3. The molecule has 3 aromatic rings. The van der Waals surface area contributed by atoms with Gasteiger partial charge in [-0.3, -0.25) is 4.79 Å². The van der Waals surface area contributed by atoms with Crippen LogP contribution in [0.25, 0.3) is 0 Å². The molecule has 154 valence electrons. The van der Waals surface area contributed by atoms with Crippen molar-refractivity contribution in [2.24, 2.45) is 0 Å². The first-order chi connectivity index (χ1) is 14.5. The quantitative estimate of drug-likeness (QED) is 0.623. The lowest BCUT2D eigenvalue weighted by atomic mass is 10.2. The molecule has 0 bridgehead atoms. The van der Waals surface area contributed by atoms with E-state index in [1.807, 2.05) is 4.90 Å². The van der Waals surface area contributed by atoms with Crippen LogP contribution in [-0.4, -0.2) is 47.1 Å². The summed E-state index contributed by atoms with van der Waals surface area (Å²) in [6.45, 7) is 1.19. The number of benzene rings is 2. The SMILES string of the molecule is CNC(=O)c1cc(Cl)cc(Nc2ncnc(N3CC(Oc4ccc(F)cc4)C3)n2)c1. The van der Waals surface area contributed by atoms with Crippen molar-refractivity contribution in [1.82, 2.24) is 20.3 Å². The maximum absolute atomic E-state index is 13.0. The Bertz CT molecular complexity index is 1060. The van der Waals surface area contributed by atoms with Crippen molar-refractivity contribution in [3.8, 4) is 5.75 Å². The Morgan fingerprint density at radius 3 is 2.70 bits per heavy atom. The number of aromatic nitrogens is 3. The number of hydrogen-bond donors (Lipinski definition) is 2. The summed E-state index contributed by atoms with van der Waals surface area (Å²) in [5.74, 6) is 0.898. The Labute approximate surface area is 177 Å². The maximum Gasteiger partial charge on any atom is 0.251 e. The normalized spacial score (nSPS) is 13.5. The summed E-state index contributed by atoms with van der Waals surface area (Å²) < 4.78 is 18.8. The number of nitrogens with zero attached hydrogens (tertiary/aromatic N) is 4. The van der Waals surface area contributed by atoms with Crippen LogP contribution in [0.5, 0.6) is 5.75 Å². The Kier molecular flexibility index (Phi) is 5.62. The van der Waals surface area contributed by atoms with E-state index in [0.717, 1.165) is 0 Å². The summed E-state index contributed by atoms with van der Waals surface area (Å²) >= 11 is 6.11. The Balaban J connectivity index is 1.40. The van der Waals surface area contributed by atoms with Crippen LogP contribution < -0.4 is 20.3 Å². The van der Waals surface area contributed by atoms with Gasteiger partial charge in [-0.25, -0.2) is 14.4 Å². The van der Waals surface area contributed by atoms with E-state index >= 15 is 0 Å². The van der Waals surface area contributed by atoms with Gasteiger partial charge in [0, 0.05) is 23.3 Å². The van der Waals surface area contributed by atoms with Crippen molar-refractivity contribution in [2.75, 3.05) is 30.4 Å². The molecular formula is C20H18ClFN6O2. The highest BCUT2D eigenvalue weighted by Crippen LogP contribution is 2.24. The predicted molar refractivity (Wildman–Crippen MR) is 111 cm³/mol. The molecule has 1 amide bonds. The molecule has 0 aliphatic carbocycles. The van der Waals surface area contributed by atoms with Gasteiger partial charge in [0.2, 0.25) is 11.9 Å². The van der Waals surface area contributed by atoms with Gasteiger partial charge in [-0.15, -0.1) is 0 Å². The summed E-state index contributed by atoms with van der Waals surface area (Å²) in [6.07, 6.45) is 1.37. The summed E-state index contributed by atoms with van der Waals surface area (Å²) in [7, 11) is 1.55. The fourth-order valence-electron chi connectivity index (χ4n) is 2.95. The van der Waals surface area contributed by atoms with Crippen molar-refractivity contribution in [2.45, 2.75) is 6.10 Å². The van der Waals surface area contributed by atoms with Crippen LogP contribution in [0.2, 0.25) is 5.02 Å². The molecule has 10 heteroatoms. The molecule has 8 nitrogen and oxygen atoms in total. The van der Waals surface area contributed by atoms with E-state index in [1.54, 1.807) is 37.4 Å². The monoisotopic (exact) mass is 428 g/mol. The molecule has 0 atom stereocenters. The Morgan fingerprint density at radius 1 is 1.20 bits per heavy atom. The van der Waals surface area contributed by atoms with Crippen LogP contribution in [0.1, 0.15) is 10.4 Å². The highest BCUT2D eigenvalue weighted by molar-refractivity contribution is 6.31. The van der Waals surface area contributed by atoms with Crippen LogP contribution in [0.3, 0.4) is 0 Å². The standard InChI is InChI=1S/C20H18ClFN6O2/c1-23-18(29)12-6-13(21)8-15(7-12)26-19-24-11-25-20(27-19)28-9-17(10-28)30-16-4-2-14(22)3-5-16/h2-8,11,17H,9-10H2,1H3,(H,23,29)(H,24,25,26,27). The fourth-order valence-corrected chi connectivity index (χ4v) is 3.18.